The molecule has 74 valence electrons. The van der Waals surface area contributed by atoms with E-state index >= 15 is 0 Å². The molecule has 1 aliphatic heterocycles. The summed E-state index contributed by atoms with van der Waals surface area (Å²) < 4.78 is 0. The number of carbonyl (C=O) groups is 2. The topological polar surface area (TPSA) is 116 Å². The molecule has 1 atom stereocenters. The van der Waals surface area contributed by atoms with Gasteiger partial charge in [-0.1, -0.05) is 0 Å². The number of piperazine rings is 1. The summed E-state index contributed by atoms with van der Waals surface area (Å²) in [5, 5.41) is 11.6. The van der Waals surface area contributed by atoms with Crippen molar-refractivity contribution in [1.82, 2.24) is 9.96 Å². The predicted octanol–water partition coefficient (Wildman–Crippen LogP) is -1.97. The van der Waals surface area contributed by atoms with Crippen LogP contribution in [0.3, 0.4) is 0 Å². The van der Waals surface area contributed by atoms with Crippen LogP contribution in [0, 0.1) is 5.21 Å². The van der Waals surface area contributed by atoms with E-state index in [1.807, 2.05) is 0 Å². The Balaban J connectivity index is 2.72. The number of urea groups is 1. The van der Waals surface area contributed by atoms with Crippen LogP contribution in [0.25, 0.3) is 0 Å². The Morgan fingerprint density at radius 2 is 1.92 bits per heavy atom. The number of amides is 3. The zero-order valence-corrected chi connectivity index (χ0v) is 6.97. The minimum Gasteiger partial charge on any atom is -0.785 e. The zero-order valence-electron chi connectivity index (χ0n) is 6.97. The summed E-state index contributed by atoms with van der Waals surface area (Å²) in [5.74, 6) is -0.709. The number of nitrogens with zero attached hydrogens (tertiary/aromatic N) is 2. The molecule has 1 unspecified atom stereocenters. The molecule has 0 spiro atoms. The highest BCUT2D eigenvalue weighted by Gasteiger charge is 2.29. The minimum absolute atomic E-state index is 0.0989. The van der Waals surface area contributed by atoms with Crippen LogP contribution in [0.2, 0.25) is 0 Å². The standard InChI is InChI=1S/C6H11N4O3/c7-5(11)4-3-9(13)1-2-10(4)6(8)12/h4H,1-3H2,(H2,7,11)(H2,8,12)/q-1. The van der Waals surface area contributed by atoms with Gasteiger partial charge in [-0.15, -0.1) is 0 Å². The Morgan fingerprint density at radius 3 is 2.38 bits per heavy atom. The summed E-state index contributed by atoms with van der Waals surface area (Å²) in [6.45, 7) is 0.206. The first-order valence-electron chi connectivity index (χ1n) is 3.80. The Bertz CT molecular complexity index is 232. The van der Waals surface area contributed by atoms with E-state index in [1.54, 1.807) is 0 Å². The molecule has 0 radical (unpaired) electrons. The lowest BCUT2D eigenvalue weighted by molar-refractivity contribution is -0.123. The summed E-state index contributed by atoms with van der Waals surface area (Å²) in [7, 11) is 0. The molecule has 1 fully saturated rings. The van der Waals surface area contributed by atoms with Crippen LogP contribution < -0.4 is 11.5 Å². The highest BCUT2D eigenvalue weighted by atomic mass is 16.5. The molecule has 0 saturated carbocycles. The fraction of sp³-hybridized carbons (Fsp3) is 0.667. The van der Waals surface area contributed by atoms with E-state index in [0.29, 0.717) is 5.06 Å². The van der Waals surface area contributed by atoms with Crippen molar-refractivity contribution in [2.45, 2.75) is 6.04 Å². The van der Waals surface area contributed by atoms with Crippen molar-refractivity contribution in [3.05, 3.63) is 5.21 Å². The van der Waals surface area contributed by atoms with E-state index in [9.17, 15) is 14.8 Å². The van der Waals surface area contributed by atoms with Gasteiger partial charge < -0.3 is 26.6 Å². The van der Waals surface area contributed by atoms with Crippen LogP contribution in [0.15, 0.2) is 0 Å². The van der Waals surface area contributed by atoms with Gasteiger partial charge in [-0.05, 0) is 0 Å². The first kappa shape index (κ1) is 9.75. The minimum atomic E-state index is -0.899. The van der Waals surface area contributed by atoms with Crippen molar-refractivity contribution in [1.29, 1.82) is 0 Å². The summed E-state index contributed by atoms with van der Waals surface area (Å²) in [6.07, 6.45) is 0. The molecule has 3 amide bonds. The second-order valence-electron chi connectivity index (χ2n) is 2.84. The maximum atomic E-state index is 10.9. The molecule has 0 bridgehead atoms. The van der Waals surface area contributed by atoms with Crippen LogP contribution in [0.4, 0.5) is 4.79 Å². The van der Waals surface area contributed by atoms with Crippen LogP contribution in [-0.2, 0) is 4.79 Å². The third-order valence-electron chi connectivity index (χ3n) is 1.95. The van der Waals surface area contributed by atoms with Gasteiger partial charge in [0, 0.05) is 19.6 Å². The molecular formula is C6H11N4O3-. The van der Waals surface area contributed by atoms with Gasteiger partial charge in [-0.25, -0.2) is 4.79 Å². The lowest BCUT2D eigenvalue weighted by atomic mass is 10.2. The SMILES string of the molecule is NC(=O)C1CN([O-])CCN1C(N)=O. The van der Waals surface area contributed by atoms with Gasteiger partial charge in [0.1, 0.15) is 6.04 Å². The predicted molar refractivity (Wildman–Crippen MR) is 44.2 cm³/mol. The number of hydroxylamine groups is 2. The van der Waals surface area contributed by atoms with Crippen molar-refractivity contribution in [3.8, 4) is 0 Å². The molecule has 0 aliphatic carbocycles. The molecule has 1 saturated heterocycles. The highest BCUT2D eigenvalue weighted by Crippen LogP contribution is 2.07. The normalized spacial score (nSPS) is 24.4. The number of hydrogen-bond acceptors (Lipinski definition) is 4. The van der Waals surface area contributed by atoms with Gasteiger partial charge in [0.15, 0.2) is 0 Å². The Kier molecular flexibility index (Phi) is 2.69. The molecule has 1 heterocycles. The van der Waals surface area contributed by atoms with Gasteiger partial charge in [0.05, 0.1) is 0 Å². The summed E-state index contributed by atoms with van der Waals surface area (Å²) in [6, 6.07) is -1.62. The molecule has 0 aromatic carbocycles. The molecule has 1 rings (SSSR count). The average Bonchev–Trinajstić information content (AvgIpc) is 2.03. The van der Waals surface area contributed by atoms with Crippen LogP contribution >= 0.6 is 0 Å². The molecule has 13 heavy (non-hydrogen) atoms. The number of primary amides is 2. The first-order chi connectivity index (χ1) is 6.02. The average molecular weight is 187 g/mol. The Morgan fingerprint density at radius 1 is 1.31 bits per heavy atom. The summed E-state index contributed by atoms with van der Waals surface area (Å²) >= 11 is 0. The van der Waals surface area contributed by atoms with Gasteiger partial charge >= 0.3 is 6.03 Å². The van der Waals surface area contributed by atoms with Gasteiger partial charge in [0.25, 0.3) is 0 Å². The monoisotopic (exact) mass is 187 g/mol. The molecule has 1 aliphatic rings. The molecule has 4 N–H and O–H groups in total. The van der Waals surface area contributed by atoms with E-state index in [4.69, 9.17) is 11.5 Å². The second kappa shape index (κ2) is 3.58. The first-order valence-corrected chi connectivity index (χ1v) is 3.80. The fourth-order valence-electron chi connectivity index (χ4n) is 1.27. The number of hydrogen-bond donors (Lipinski definition) is 2. The largest absolute Gasteiger partial charge is 0.785 e. The maximum absolute atomic E-state index is 10.9. The van der Waals surface area contributed by atoms with Gasteiger partial charge in [-0.2, -0.15) is 0 Å². The van der Waals surface area contributed by atoms with E-state index in [-0.39, 0.29) is 19.6 Å². The Labute approximate surface area is 74.8 Å². The molecule has 0 aromatic rings. The summed E-state index contributed by atoms with van der Waals surface area (Å²) in [5.41, 5.74) is 10.0. The number of rotatable bonds is 1. The van der Waals surface area contributed by atoms with Crippen molar-refractivity contribution in [2.75, 3.05) is 19.6 Å². The van der Waals surface area contributed by atoms with Crippen molar-refractivity contribution in [2.24, 2.45) is 11.5 Å². The lowest BCUT2D eigenvalue weighted by Crippen LogP contribution is -2.59. The fourth-order valence-corrected chi connectivity index (χ4v) is 1.27. The lowest BCUT2D eigenvalue weighted by Gasteiger charge is -2.42. The quantitative estimate of drug-likeness (QED) is 0.495. The van der Waals surface area contributed by atoms with E-state index in [0.717, 1.165) is 4.90 Å². The van der Waals surface area contributed by atoms with Crippen LogP contribution in [0.5, 0.6) is 0 Å². The maximum Gasteiger partial charge on any atom is 0.315 e. The van der Waals surface area contributed by atoms with Gasteiger partial charge in [0.2, 0.25) is 5.91 Å². The molecular weight excluding hydrogens is 176 g/mol. The van der Waals surface area contributed by atoms with Crippen molar-refractivity contribution in [3.63, 3.8) is 0 Å². The van der Waals surface area contributed by atoms with Crippen LogP contribution in [-0.4, -0.2) is 47.6 Å². The second-order valence-corrected chi connectivity index (χ2v) is 2.84. The van der Waals surface area contributed by atoms with Crippen LogP contribution in [0.1, 0.15) is 0 Å². The smallest absolute Gasteiger partial charge is 0.315 e. The highest BCUT2D eigenvalue weighted by molar-refractivity contribution is 5.85. The van der Waals surface area contributed by atoms with E-state index in [1.165, 1.54) is 0 Å². The molecule has 7 nitrogen and oxygen atoms in total. The summed E-state index contributed by atoms with van der Waals surface area (Å²) in [4.78, 5) is 22.7. The third kappa shape index (κ3) is 2.07. The van der Waals surface area contributed by atoms with Crippen molar-refractivity contribution >= 4 is 11.9 Å². The number of nitrogens with two attached hydrogens (primary N) is 2. The van der Waals surface area contributed by atoms with Crippen molar-refractivity contribution < 1.29 is 9.59 Å². The molecule has 7 heteroatoms. The van der Waals surface area contributed by atoms with E-state index in [2.05, 4.69) is 0 Å². The Hall–Kier alpha value is -1.34. The van der Waals surface area contributed by atoms with E-state index < -0.39 is 18.0 Å². The van der Waals surface area contributed by atoms with Gasteiger partial charge in [-0.3, -0.25) is 4.79 Å². The zero-order chi connectivity index (χ0) is 10.0. The molecule has 0 aromatic heterocycles. The number of carbonyl (C=O) groups excluding carboxylic acids is 2. The third-order valence-corrected chi connectivity index (χ3v) is 1.95.